The van der Waals surface area contributed by atoms with Crippen molar-refractivity contribution >= 4 is 11.3 Å². The van der Waals surface area contributed by atoms with Gasteiger partial charge >= 0.3 is 0 Å². The van der Waals surface area contributed by atoms with Crippen LogP contribution in [0.3, 0.4) is 0 Å². The van der Waals surface area contributed by atoms with Gasteiger partial charge in [0, 0.05) is 11.4 Å². The Hall–Kier alpha value is -0.410. The zero-order chi connectivity index (χ0) is 11.3. The molecule has 1 heterocycles. The first kappa shape index (κ1) is 12.7. The molecule has 86 valence electrons. The van der Waals surface area contributed by atoms with Crippen molar-refractivity contribution < 1.29 is 0 Å². The summed E-state index contributed by atoms with van der Waals surface area (Å²) in [6.07, 6.45) is 4.56. The van der Waals surface area contributed by atoms with Gasteiger partial charge in [-0.15, -0.1) is 11.3 Å². The summed E-state index contributed by atoms with van der Waals surface area (Å²) in [6.45, 7) is 7.34. The predicted molar refractivity (Wildman–Crippen MR) is 67.2 cm³/mol. The summed E-state index contributed by atoms with van der Waals surface area (Å²) in [5.41, 5.74) is 6.96. The number of thiazole rings is 1. The highest BCUT2D eigenvalue weighted by molar-refractivity contribution is 7.11. The van der Waals surface area contributed by atoms with Gasteiger partial charge in [0.2, 0.25) is 0 Å². The first-order valence-electron chi connectivity index (χ1n) is 5.84. The van der Waals surface area contributed by atoms with Crippen LogP contribution >= 0.6 is 11.3 Å². The minimum absolute atomic E-state index is 0.647. The Morgan fingerprint density at radius 2 is 2.07 bits per heavy atom. The molecule has 0 spiro atoms. The molecule has 0 bridgehead atoms. The van der Waals surface area contributed by atoms with E-state index in [1.807, 2.05) is 0 Å². The second kappa shape index (κ2) is 6.23. The number of aromatic nitrogens is 1. The highest BCUT2D eigenvalue weighted by Gasteiger charge is 2.09. The van der Waals surface area contributed by atoms with Gasteiger partial charge in [0.1, 0.15) is 0 Å². The second-order valence-corrected chi connectivity index (χ2v) is 5.53. The van der Waals surface area contributed by atoms with Crippen LogP contribution in [0.25, 0.3) is 0 Å². The Bertz CT molecular complexity index is 292. The normalized spacial score (nSPS) is 11.3. The summed E-state index contributed by atoms with van der Waals surface area (Å²) >= 11 is 1.81. The molecule has 1 aromatic heterocycles. The molecule has 0 atom stereocenters. The number of nitrogens with zero attached hydrogens (tertiary/aromatic N) is 1. The molecule has 1 aromatic rings. The number of rotatable bonds is 6. The Balaban J connectivity index is 2.65. The molecule has 0 aliphatic heterocycles. The molecule has 0 fully saturated rings. The Labute approximate surface area is 96.9 Å². The molecule has 2 nitrogen and oxygen atoms in total. The van der Waals surface area contributed by atoms with Crippen molar-refractivity contribution in [2.24, 2.45) is 11.7 Å². The lowest BCUT2D eigenvalue weighted by Gasteiger charge is -2.00. The van der Waals surface area contributed by atoms with E-state index in [0.29, 0.717) is 6.54 Å². The number of hydrogen-bond acceptors (Lipinski definition) is 3. The standard InChI is InChI=1S/C12H22N2S/c1-4-5-10-11(8-13)15-12(14-10)7-6-9(2)3/h9H,4-8,13H2,1-3H3. The van der Waals surface area contributed by atoms with Crippen molar-refractivity contribution in [3.63, 3.8) is 0 Å². The van der Waals surface area contributed by atoms with Gasteiger partial charge in [0.05, 0.1) is 10.7 Å². The maximum absolute atomic E-state index is 5.72. The molecule has 0 aliphatic rings. The van der Waals surface area contributed by atoms with E-state index in [1.165, 1.54) is 22.0 Å². The van der Waals surface area contributed by atoms with Crippen LogP contribution in [0.4, 0.5) is 0 Å². The van der Waals surface area contributed by atoms with E-state index in [1.54, 1.807) is 11.3 Å². The molecule has 0 radical (unpaired) electrons. The smallest absolute Gasteiger partial charge is 0.0931 e. The van der Waals surface area contributed by atoms with Crippen molar-refractivity contribution in [3.05, 3.63) is 15.6 Å². The Kier molecular flexibility index (Phi) is 5.26. The fourth-order valence-corrected chi connectivity index (χ4v) is 2.56. The molecule has 1 rings (SSSR count). The minimum atomic E-state index is 0.647. The predicted octanol–water partition coefficient (Wildman–Crippen LogP) is 3.14. The van der Waals surface area contributed by atoms with E-state index in [0.717, 1.165) is 25.2 Å². The lowest BCUT2D eigenvalue weighted by Crippen LogP contribution is -1.98. The third-order valence-corrected chi connectivity index (χ3v) is 3.61. The maximum atomic E-state index is 5.72. The van der Waals surface area contributed by atoms with Crippen LogP contribution in [0.15, 0.2) is 0 Å². The van der Waals surface area contributed by atoms with E-state index in [-0.39, 0.29) is 0 Å². The summed E-state index contributed by atoms with van der Waals surface area (Å²) in [6, 6.07) is 0. The SMILES string of the molecule is CCCc1nc(CCC(C)C)sc1CN. The van der Waals surface area contributed by atoms with Crippen molar-refractivity contribution in [1.82, 2.24) is 4.98 Å². The van der Waals surface area contributed by atoms with Gasteiger partial charge in [-0.1, -0.05) is 27.2 Å². The van der Waals surface area contributed by atoms with Crippen molar-refractivity contribution in [2.45, 2.75) is 53.0 Å². The summed E-state index contributed by atoms with van der Waals surface area (Å²) < 4.78 is 0. The first-order chi connectivity index (χ1) is 7.17. The topological polar surface area (TPSA) is 38.9 Å². The molecule has 0 unspecified atom stereocenters. The highest BCUT2D eigenvalue weighted by Crippen LogP contribution is 2.21. The molecule has 0 saturated heterocycles. The fraction of sp³-hybridized carbons (Fsp3) is 0.750. The van der Waals surface area contributed by atoms with Gasteiger partial charge < -0.3 is 5.73 Å². The van der Waals surface area contributed by atoms with Gasteiger partial charge in [0.25, 0.3) is 0 Å². The minimum Gasteiger partial charge on any atom is -0.326 e. The van der Waals surface area contributed by atoms with Gasteiger partial charge in [-0.25, -0.2) is 4.98 Å². The first-order valence-corrected chi connectivity index (χ1v) is 6.66. The summed E-state index contributed by atoms with van der Waals surface area (Å²) in [5, 5.41) is 1.27. The number of nitrogens with two attached hydrogens (primary N) is 1. The molecule has 3 heteroatoms. The van der Waals surface area contributed by atoms with Gasteiger partial charge in [0.15, 0.2) is 0 Å². The molecular formula is C12H22N2S. The fourth-order valence-electron chi connectivity index (χ4n) is 1.55. The van der Waals surface area contributed by atoms with Crippen LogP contribution in [0.2, 0.25) is 0 Å². The molecule has 15 heavy (non-hydrogen) atoms. The van der Waals surface area contributed by atoms with Crippen LogP contribution in [0, 0.1) is 5.92 Å². The Morgan fingerprint density at radius 1 is 1.33 bits per heavy atom. The highest BCUT2D eigenvalue weighted by atomic mass is 32.1. The van der Waals surface area contributed by atoms with Crippen LogP contribution in [-0.4, -0.2) is 4.98 Å². The average Bonchev–Trinajstić information content (AvgIpc) is 2.58. The van der Waals surface area contributed by atoms with Crippen LogP contribution in [0.5, 0.6) is 0 Å². The molecule has 0 amide bonds. The summed E-state index contributed by atoms with van der Waals surface area (Å²) in [7, 11) is 0. The third-order valence-electron chi connectivity index (χ3n) is 2.43. The van der Waals surface area contributed by atoms with Crippen molar-refractivity contribution in [3.8, 4) is 0 Å². The molecule has 2 N–H and O–H groups in total. The maximum Gasteiger partial charge on any atom is 0.0931 e. The lowest BCUT2D eigenvalue weighted by atomic mass is 10.1. The summed E-state index contributed by atoms with van der Waals surface area (Å²) in [4.78, 5) is 5.97. The monoisotopic (exact) mass is 226 g/mol. The van der Waals surface area contributed by atoms with E-state index in [9.17, 15) is 0 Å². The zero-order valence-corrected chi connectivity index (χ0v) is 10.9. The van der Waals surface area contributed by atoms with Crippen LogP contribution in [0.1, 0.15) is 49.2 Å². The molecule has 0 aliphatic carbocycles. The van der Waals surface area contributed by atoms with Gasteiger partial charge in [-0.2, -0.15) is 0 Å². The number of hydrogen-bond donors (Lipinski definition) is 1. The van der Waals surface area contributed by atoms with Crippen molar-refractivity contribution in [1.29, 1.82) is 0 Å². The summed E-state index contributed by atoms with van der Waals surface area (Å²) in [5.74, 6) is 0.754. The number of aryl methyl sites for hydroxylation is 2. The van der Waals surface area contributed by atoms with E-state index in [2.05, 4.69) is 25.8 Å². The molecular weight excluding hydrogens is 204 g/mol. The lowest BCUT2D eigenvalue weighted by molar-refractivity contribution is 0.585. The largest absolute Gasteiger partial charge is 0.326 e. The zero-order valence-electron chi connectivity index (χ0n) is 10.0. The van der Waals surface area contributed by atoms with E-state index in [4.69, 9.17) is 5.73 Å². The molecule has 0 saturated carbocycles. The van der Waals surface area contributed by atoms with Gasteiger partial charge in [-0.05, 0) is 25.2 Å². The quantitative estimate of drug-likeness (QED) is 0.809. The van der Waals surface area contributed by atoms with Crippen LogP contribution < -0.4 is 5.73 Å². The van der Waals surface area contributed by atoms with E-state index < -0.39 is 0 Å². The van der Waals surface area contributed by atoms with Crippen LogP contribution in [-0.2, 0) is 19.4 Å². The van der Waals surface area contributed by atoms with Crippen molar-refractivity contribution in [2.75, 3.05) is 0 Å². The van der Waals surface area contributed by atoms with Gasteiger partial charge in [-0.3, -0.25) is 0 Å². The Morgan fingerprint density at radius 3 is 2.60 bits per heavy atom. The molecule has 0 aromatic carbocycles. The third kappa shape index (κ3) is 3.92. The van der Waals surface area contributed by atoms with E-state index >= 15 is 0 Å². The second-order valence-electron chi connectivity index (χ2n) is 4.36. The average molecular weight is 226 g/mol.